The molecule has 2 amide bonds. The lowest BCUT2D eigenvalue weighted by molar-refractivity contribution is -0.138. The van der Waals surface area contributed by atoms with E-state index in [1.165, 1.54) is 16.4 Å². The molecule has 1 fully saturated rings. The number of ether oxygens (including phenoxy) is 1. The average Bonchev–Trinajstić information content (AvgIpc) is 2.77. The molecule has 1 aromatic carbocycles. The Kier molecular flexibility index (Phi) is 9.66. The third kappa shape index (κ3) is 6.30. The highest BCUT2D eigenvalue weighted by Gasteiger charge is 2.32. The summed E-state index contributed by atoms with van der Waals surface area (Å²) in [6, 6.07) is 5.26. The lowest BCUT2D eigenvalue weighted by Gasteiger charge is -2.35. The zero-order valence-corrected chi connectivity index (χ0v) is 20.7. The van der Waals surface area contributed by atoms with Crippen LogP contribution in [0.15, 0.2) is 29.2 Å². The molecule has 1 aliphatic heterocycles. The van der Waals surface area contributed by atoms with Crippen molar-refractivity contribution in [1.82, 2.24) is 14.5 Å². The Labute approximate surface area is 192 Å². The van der Waals surface area contributed by atoms with Gasteiger partial charge in [0.05, 0.1) is 11.0 Å². The molecule has 9 heteroatoms. The molecule has 1 aromatic rings. The molecular weight excluding hydrogens is 430 g/mol. The molecule has 2 rings (SSSR count). The van der Waals surface area contributed by atoms with Gasteiger partial charge < -0.3 is 15.0 Å². The number of nitrogens with one attached hydrogen (secondary N) is 1. The lowest BCUT2D eigenvalue weighted by Crippen LogP contribution is -2.54. The topological polar surface area (TPSA) is 96.0 Å². The molecule has 8 nitrogen and oxygen atoms in total. The van der Waals surface area contributed by atoms with Gasteiger partial charge in [0.1, 0.15) is 6.04 Å². The molecule has 0 bridgehead atoms. The maximum atomic E-state index is 13.2. The Hall–Kier alpha value is -1.97. The van der Waals surface area contributed by atoms with Crippen LogP contribution in [0.2, 0.25) is 0 Å². The fraction of sp³-hybridized carbons (Fsp3) is 0.652. The Morgan fingerprint density at radius 3 is 2.50 bits per heavy atom. The molecule has 1 aliphatic rings. The molecule has 0 aliphatic carbocycles. The highest BCUT2D eigenvalue weighted by Crippen LogP contribution is 2.19. The van der Waals surface area contributed by atoms with Crippen LogP contribution in [0.1, 0.15) is 57.8 Å². The van der Waals surface area contributed by atoms with Crippen LogP contribution in [-0.4, -0.2) is 74.4 Å². The second kappa shape index (κ2) is 11.8. The summed E-state index contributed by atoms with van der Waals surface area (Å²) in [4.78, 5) is 28.0. The number of nitrogens with zero attached hydrogens (tertiary/aromatic N) is 2. The Morgan fingerprint density at radius 2 is 1.91 bits per heavy atom. The molecule has 0 spiro atoms. The second-order valence-corrected chi connectivity index (χ2v) is 10.3. The minimum Gasteiger partial charge on any atom is -0.377 e. The van der Waals surface area contributed by atoms with E-state index in [1.54, 1.807) is 30.9 Å². The monoisotopic (exact) mass is 467 g/mol. The van der Waals surface area contributed by atoms with E-state index in [-0.39, 0.29) is 28.4 Å². The van der Waals surface area contributed by atoms with E-state index in [4.69, 9.17) is 4.74 Å². The first kappa shape index (κ1) is 26.3. The van der Waals surface area contributed by atoms with Crippen LogP contribution in [0.3, 0.4) is 0 Å². The van der Waals surface area contributed by atoms with Crippen molar-refractivity contribution in [1.29, 1.82) is 0 Å². The summed E-state index contributed by atoms with van der Waals surface area (Å²) < 4.78 is 32.7. The summed E-state index contributed by atoms with van der Waals surface area (Å²) >= 11 is 0. The van der Waals surface area contributed by atoms with Crippen molar-refractivity contribution >= 4 is 21.8 Å². The smallest absolute Gasteiger partial charge is 0.251 e. The van der Waals surface area contributed by atoms with Gasteiger partial charge in [-0.05, 0) is 43.9 Å². The van der Waals surface area contributed by atoms with Gasteiger partial charge in [-0.15, -0.1) is 0 Å². The van der Waals surface area contributed by atoms with Crippen LogP contribution in [0.5, 0.6) is 0 Å². The Bertz CT molecular complexity index is 881. The molecule has 180 valence electrons. The van der Waals surface area contributed by atoms with Gasteiger partial charge in [0, 0.05) is 38.3 Å². The largest absolute Gasteiger partial charge is 0.377 e. The number of sulfonamides is 1. The first-order valence-corrected chi connectivity index (χ1v) is 12.9. The van der Waals surface area contributed by atoms with Crippen LogP contribution in [0.4, 0.5) is 0 Å². The summed E-state index contributed by atoms with van der Waals surface area (Å²) in [6.07, 6.45) is 1.80. The predicted octanol–water partition coefficient (Wildman–Crippen LogP) is 2.50. The maximum Gasteiger partial charge on any atom is 0.251 e. The van der Waals surface area contributed by atoms with Gasteiger partial charge in [0.15, 0.2) is 0 Å². The number of hydrogen-bond acceptors (Lipinski definition) is 5. The van der Waals surface area contributed by atoms with Gasteiger partial charge in [-0.1, -0.05) is 33.8 Å². The number of benzene rings is 1. The molecule has 2 unspecified atom stereocenters. The summed E-state index contributed by atoms with van der Waals surface area (Å²) in [6.45, 7) is 11.7. The van der Waals surface area contributed by atoms with Crippen LogP contribution in [-0.2, 0) is 19.6 Å². The Balaban J connectivity index is 2.19. The SMILES string of the molecule is CCOC1CCCN(C(=O)C(NC(=O)c2cccc(S(=O)(=O)N(CC)CC)c2)C(C)C)C1. The van der Waals surface area contributed by atoms with Crippen molar-refractivity contribution < 1.29 is 22.7 Å². The zero-order chi connectivity index (χ0) is 23.9. The van der Waals surface area contributed by atoms with Gasteiger partial charge in [0.2, 0.25) is 15.9 Å². The Morgan fingerprint density at radius 1 is 1.22 bits per heavy atom. The third-order valence-corrected chi connectivity index (χ3v) is 7.80. The quantitative estimate of drug-likeness (QED) is 0.570. The molecule has 32 heavy (non-hydrogen) atoms. The van der Waals surface area contributed by atoms with E-state index < -0.39 is 22.0 Å². The highest BCUT2D eigenvalue weighted by atomic mass is 32.2. The minimum atomic E-state index is -3.68. The molecule has 2 atom stereocenters. The van der Waals surface area contributed by atoms with E-state index in [0.29, 0.717) is 32.8 Å². The summed E-state index contributed by atoms with van der Waals surface area (Å²) in [7, 11) is -3.68. The summed E-state index contributed by atoms with van der Waals surface area (Å²) in [5, 5.41) is 2.83. The van der Waals surface area contributed by atoms with Crippen molar-refractivity contribution in [2.24, 2.45) is 5.92 Å². The molecule has 0 saturated carbocycles. The molecule has 1 heterocycles. The van der Waals surface area contributed by atoms with Gasteiger partial charge in [-0.2, -0.15) is 4.31 Å². The molecule has 1 N–H and O–H groups in total. The van der Waals surface area contributed by atoms with Crippen LogP contribution in [0.25, 0.3) is 0 Å². The minimum absolute atomic E-state index is 0.0168. The maximum absolute atomic E-state index is 13.2. The second-order valence-electron chi connectivity index (χ2n) is 8.32. The number of amides is 2. The van der Waals surface area contributed by atoms with E-state index in [0.717, 1.165) is 12.8 Å². The fourth-order valence-corrected chi connectivity index (χ4v) is 5.46. The summed E-state index contributed by atoms with van der Waals surface area (Å²) in [5.41, 5.74) is 0.211. The number of hydrogen-bond donors (Lipinski definition) is 1. The van der Waals surface area contributed by atoms with Crippen molar-refractivity contribution in [2.45, 2.75) is 64.5 Å². The molecular formula is C23H37N3O5S. The zero-order valence-electron chi connectivity index (χ0n) is 19.8. The number of likely N-dealkylation sites (tertiary alicyclic amines) is 1. The normalized spacial score (nSPS) is 18.1. The number of rotatable bonds is 10. The van der Waals surface area contributed by atoms with Crippen molar-refractivity contribution in [3.05, 3.63) is 29.8 Å². The number of piperidine rings is 1. The van der Waals surface area contributed by atoms with Gasteiger partial charge >= 0.3 is 0 Å². The van der Waals surface area contributed by atoms with Crippen LogP contribution < -0.4 is 5.32 Å². The van der Waals surface area contributed by atoms with Gasteiger partial charge in [-0.3, -0.25) is 9.59 Å². The van der Waals surface area contributed by atoms with Crippen LogP contribution in [0, 0.1) is 5.92 Å². The average molecular weight is 468 g/mol. The highest BCUT2D eigenvalue weighted by molar-refractivity contribution is 7.89. The standard InChI is InChI=1S/C23H37N3O5S/c1-6-26(7-2)32(29,30)20-13-9-11-18(15-20)22(27)24-21(17(4)5)23(28)25-14-10-12-19(16-25)31-8-3/h9,11,13,15,17,19,21H,6-8,10,12,14,16H2,1-5H3,(H,24,27). The van der Waals surface area contributed by atoms with E-state index in [2.05, 4.69) is 5.32 Å². The van der Waals surface area contributed by atoms with Gasteiger partial charge in [-0.25, -0.2) is 8.42 Å². The number of carbonyl (C=O) groups excluding carboxylic acids is 2. The van der Waals surface area contributed by atoms with Gasteiger partial charge in [0.25, 0.3) is 5.91 Å². The first-order valence-electron chi connectivity index (χ1n) is 11.5. The fourth-order valence-electron chi connectivity index (χ4n) is 3.96. The summed E-state index contributed by atoms with van der Waals surface area (Å²) in [5.74, 6) is -0.724. The molecule has 0 aromatic heterocycles. The molecule has 0 radical (unpaired) electrons. The van der Waals surface area contributed by atoms with Crippen LogP contribution >= 0.6 is 0 Å². The lowest BCUT2D eigenvalue weighted by atomic mass is 10.00. The molecule has 1 saturated heterocycles. The number of carbonyl (C=O) groups is 2. The van der Waals surface area contributed by atoms with Crippen molar-refractivity contribution in [3.8, 4) is 0 Å². The first-order chi connectivity index (χ1) is 15.1. The van der Waals surface area contributed by atoms with Crippen molar-refractivity contribution in [3.63, 3.8) is 0 Å². The van der Waals surface area contributed by atoms with Crippen molar-refractivity contribution in [2.75, 3.05) is 32.8 Å². The van der Waals surface area contributed by atoms with E-state index >= 15 is 0 Å². The van der Waals surface area contributed by atoms with E-state index in [1.807, 2.05) is 20.8 Å². The predicted molar refractivity (Wildman–Crippen MR) is 124 cm³/mol. The van der Waals surface area contributed by atoms with E-state index in [9.17, 15) is 18.0 Å². The third-order valence-electron chi connectivity index (χ3n) is 5.75.